The van der Waals surface area contributed by atoms with Crippen LogP contribution >= 0.6 is 0 Å². The molecule has 1 atom stereocenters. The van der Waals surface area contributed by atoms with Crippen LogP contribution in [0, 0.1) is 5.92 Å². The van der Waals surface area contributed by atoms with Crippen molar-refractivity contribution in [1.29, 1.82) is 0 Å². The molecule has 0 aliphatic heterocycles. The van der Waals surface area contributed by atoms with Crippen LogP contribution in [0.1, 0.15) is 25.7 Å². The van der Waals surface area contributed by atoms with E-state index in [0.717, 1.165) is 12.3 Å². The molecule has 1 unspecified atom stereocenters. The molecule has 0 aromatic rings. The lowest BCUT2D eigenvalue weighted by molar-refractivity contribution is -0.136. The van der Waals surface area contributed by atoms with Crippen LogP contribution in [-0.4, -0.2) is 32.3 Å². The molecular formula is C10H20N2O3. The smallest absolute Gasteiger partial charge is 0.265 e. The van der Waals surface area contributed by atoms with Crippen molar-refractivity contribution in [3.8, 4) is 0 Å². The molecule has 1 fully saturated rings. The standard InChI is InChI=1S/C10H20N2O3/c1-14-7-9(10(13)12-11)15-6-5-8-3-2-4-8/h8-9H,2-7,11H2,1H3,(H,12,13). The Morgan fingerprint density at radius 2 is 2.33 bits per heavy atom. The fourth-order valence-electron chi connectivity index (χ4n) is 1.60. The monoisotopic (exact) mass is 216 g/mol. The number of hydrogen-bond acceptors (Lipinski definition) is 4. The van der Waals surface area contributed by atoms with Gasteiger partial charge in [0.25, 0.3) is 5.91 Å². The zero-order valence-corrected chi connectivity index (χ0v) is 9.20. The third-order valence-electron chi connectivity index (χ3n) is 2.82. The van der Waals surface area contributed by atoms with Crippen molar-refractivity contribution < 1.29 is 14.3 Å². The van der Waals surface area contributed by atoms with Gasteiger partial charge in [0.05, 0.1) is 6.61 Å². The molecular weight excluding hydrogens is 196 g/mol. The maximum Gasteiger partial charge on any atom is 0.265 e. The van der Waals surface area contributed by atoms with E-state index in [0.29, 0.717) is 6.61 Å². The van der Waals surface area contributed by atoms with Crippen LogP contribution in [0.15, 0.2) is 0 Å². The van der Waals surface area contributed by atoms with Gasteiger partial charge < -0.3 is 9.47 Å². The van der Waals surface area contributed by atoms with E-state index < -0.39 is 6.10 Å². The minimum Gasteiger partial charge on any atom is -0.381 e. The largest absolute Gasteiger partial charge is 0.381 e. The van der Waals surface area contributed by atoms with Crippen molar-refractivity contribution in [2.75, 3.05) is 20.3 Å². The molecule has 0 radical (unpaired) electrons. The second kappa shape index (κ2) is 6.76. The van der Waals surface area contributed by atoms with Gasteiger partial charge in [-0.3, -0.25) is 10.2 Å². The third kappa shape index (κ3) is 4.15. The fourth-order valence-corrected chi connectivity index (χ4v) is 1.60. The lowest BCUT2D eigenvalue weighted by Gasteiger charge is -2.25. The van der Waals surface area contributed by atoms with Crippen LogP contribution < -0.4 is 11.3 Å². The highest BCUT2D eigenvalue weighted by Gasteiger charge is 2.20. The number of carbonyl (C=O) groups excluding carboxylic acids is 1. The lowest BCUT2D eigenvalue weighted by atomic mass is 9.83. The van der Waals surface area contributed by atoms with Gasteiger partial charge >= 0.3 is 0 Å². The molecule has 88 valence electrons. The summed E-state index contributed by atoms with van der Waals surface area (Å²) in [6.07, 6.45) is 4.36. The Morgan fingerprint density at radius 1 is 1.60 bits per heavy atom. The average Bonchev–Trinajstić information content (AvgIpc) is 2.19. The summed E-state index contributed by atoms with van der Waals surface area (Å²) in [7, 11) is 1.53. The van der Waals surface area contributed by atoms with Crippen molar-refractivity contribution in [3.63, 3.8) is 0 Å². The summed E-state index contributed by atoms with van der Waals surface area (Å²) in [5, 5.41) is 0. The van der Waals surface area contributed by atoms with E-state index in [1.165, 1.54) is 26.4 Å². The number of ether oxygens (including phenoxy) is 2. The van der Waals surface area contributed by atoms with Gasteiger partial charge in [0.15, 0.2) is 6.10 Å². The SMILES string of the molecule is COCC(OCCC1CCC1)C(=O)NN. The fraction of sp³-hybridized carbons (Fsp3) is 0.900. The Balaban J connectivity index is 2.14. The summed E-state index contributed by atoms with van der Waals surface area (Å²) in [5.41, 5.74) is 2.07. The predicted molar refractivity (Wildman–Crippen MR) is 55.9 cm³/mol. The molecule has 1 amide bonds. The van der Waals surface area contributed by atoms with E-state index >= 15 is 0 Å². The first-order valence-corrected chi connectivity index (χ1v) is 5.39. The average molecular weight is 216 g/mol. The lowest BCUT2D eigenvalue weighted by Crippen LogP contribution is -2.43. The highest BCUT2D eigenvalue weighted by molar-refractivity contribution is 5.80. The highest BCUT2D eigenvalue weighted by atomic mass is 16.5. The van der Waals surface area contributed by atoms with E-state index in [-0.39, 0.29) is 12.5 Å². The third-order valence-corrected chi connectivity index (χ3v) is 2.82. The number of methoxy groups -OCH3 is 1. The van der Waals surface area contributed by atoms with Crippen molar-refractivity contribution >= 4 is 5.91 Å². The van der Waals surface area contributed by atoms with Crippen molar-refractivity contribution in [3.05, 3.63) is 0 Å². The van der Waals surface area contributed by atoms with Crippen LogP contribution in [0.2, 0.25) is 0 Å². The number of nitrogens with one attached hydrogen (secondary N) is 1. The summed E-state index contributed by atoms with van der Waals surface area (Å²) in [5.74, 6) is 5.49. The molecule has 5 heteroatoms. The molecule has 3 N–H and O–H groups in total. The second-order valence-electron chi connectivity index (χ2n) is 3.91. The molecule has 1 aliphatic rings. The number of carbonyl (C=O) groups is 1. The highest BCUT2D eigenvalue weighted by Crippen LogP contribution is 2.29. The quantitative estimate of drug-likeness (QED) is 0.362. The Kier molecular flexibility index (Phi) is 5.60. The van der Waals surface area contributed by atoms with Gasteiger partial charge in [0.1, 0.15) is 0 Å². The first-order chi connectivity index (χ1) is 7.27. The molecule has 0 aromatic carbocycles. The Bertz CT molecular complexity index is 195. The van der Waals surface area contributed by atoms with Crippen molar-refractivity contribution in [1.82, 2.24) is 5.43 Å². The molecule has 0 spiro atoms. The topological polar surface area (TPSA) is 73.6 Å². The molecule has 15 heavy (non-hydrogen) atoms. The first-order valence-electron chi connectivity index (χ1n) is 5.39. The van der Waals surface area contributed by atoms with Crippen LogP contribution in [0.5, 0.6) is 0 Å². The number of hydrogen-bond donors (Lipinski definition) is 2. The zero-order valence-electron chi connectivity index (χ0n) is 9.20. The summed E-state index contributed by atoms with van der Waals surface area (Å²) in [4.78, 5) is 11.2. The van der Waals surface area contributed by atoms with Gasteiger partial charge in [-0.1, -0.05) is 19.3 Å². The van der Waals surface area contributed by atoms with Crippen LogP contribution in [0.3, 0.4) is 0 Å². The van der Waals surface area contributed by atoms with Crippen LogP contribution in [0.4, 0.5) is 0 Å². The van der Waals surface area contributed by atoms with E-state index in [2.05, 4.69) is 5.43 Å². The molecule has 0 heterocycles. The summed E-state index contributed by atoms with van der Waals surface area (Å²) < 4.78 is 10.3. The van der Waals surface area contributed by atoms with E-state index in [4.69, 9.17) is 15.3 Å². The van der Waals surface area contributed by atoms with Gasteiger partial charge in [0.2, 0.25) is 0 Å². The number of nitrogens with two attached hydrogens (primary N) is 1. The normalized spacial score (nSPS) is 18.3. The van der Waals surface area contributed by atoms with Gasteiger partial charge in [-0.2, -0.15) is 0 Å². The Morgan fingerprint density at radius 3 is 2.80 bits per heavy atom. The van der Waals surface area contributed by atoms with Gasteiger partial charge in [-0.05, 0) is 12.3 Å². The minimum absolute atomic E-state index is 0.244. The molecule has 1 aliphatic carbocycles. The number of rotatable bonds is 7. The Labute approximate surface area is 90.3 Å². The molecule has 0 bridgehead atoms. The molecule has 0 aromatic heterocycles. The summed E-state index contributed by atoms with van der Waals surface area (Å²) in [6, 6.07) is 0. The van der Waals surface area contributed by atoms with E-state index in [1.54, 1.807) is 0 Å². The van der Waals surface area contributed by atoms with Crippen molar-refractivity contribution in [2.45, 2.75) is 31.8 Å². The van der Waals surface area contributed by atoms with Crippen molar-refractivity contribution in [2.24, 2.45) is 11.8 Å². The maximum atomic E-state index is 11.2. The Hall–Kier alpha value is -0.650. The van der Waals surface area contributed by atoms with Gasteiger partial charge in [-0.15, -0.1) is 0 Å². The second-order valence-corrected chi connectivity index (χ2v) is 3.91. The zero-order chi connectivity index (χ0) is 11.1. The maximum absolute atomic E-state index is 11.2. The van der Waals surface area contributed by atoms with Crippen LogP contribution in [-0.2, 0) is 14.3 Å². The minimum atomic E-state index is -0.583. The van der Waals surface area contributed by atoms with Gasteiger partial charge in [0, 0.05) is 13.7 Å². The summed E-state index contributed by atoms with van der Waals surface area (Å²) in [6.45, 7) is 0.847. The molecule has 1 saturated carbocycles. The van der Waals surface area contributed by atoms with E-state index in [9.17, 15) is 4.79 Å². The predicted octanol–water partition coefficient (Wildman–Crippen LogP) is 0.198. The van der Waals surface area contributed by atoms with Crippen LogP contribution in [0.25, 0.3) is 0 Å². The molecule has 1 rings (SSSR count). The van der Waals surface area contributed by atoms with Gasteiger partial charge in [-0.25, -0.2) is 5.84 Å². The first kappa shape index (κ1) is 12.4. The molecule has 0 saturated heterocycles. The molecule has 5 nitrogen and oxygen atoms in total. The van der Waals surface area contributed by atoms with E-state index in [1.807, 2.05) is 0 Å². The number of amides is 1. The number of hydrazine groups is 1. The summed E-state index contributed by atoms with van der Waals surface area (Å²) >= 11 is 0.